The maximum absolute atomic E-state index is 8.86. The largest absolute Gasteiger partial charge is 0.309 e. The van der Waals surface area contributed by atoms with E-state index in [1.54, 1.807) is 11.9 Å². The smallest absolute Gasteiger partial charge is 0.184 e. The minimum atomic E-state index is 0.967. The van der Waals surface area contributed by atoms with E-state index in [4.69, 9.17) is 5.26 Å². The molecular formula is C12H17N3. The van der Waals surface area contributed by atoms with Crippen molar-refractivity contribution in [2.75, 3.05) is 32.6 Å². The molecule has 0 aliphatic carbocycles. The van der Waals surface area contributed by atoms with Gasteiger partial charge in [-0.3, -0.25) is 4.90 Å². The van der Waals surface area contributed by atoms with E-state index in [0.717, 1.165) is 18.7 Å². The van der Waals surface area contributed by atoms with Crippen molar-refractivity contribution in [3.8, 4) is 6.19 Å². The third kappa shape index (κ3) is 3.26. The SMILES string of the molecule is CN(C)CCc1ccccc1N(C)C#N. The van der Waals surface area contributed by atoms with Crippen molar-refractivity contribution < 1.29 is 0 Å². The Morgan fingerprint density at radius 1 is 1.20 bits per heavy atom. The van der Waals surface area contributed by atoms with E-state index in [9.17, 15) is 0 Å². The molecule has 3 heteroatoms. The number of benzene rings is 1. The summed E-state index contributed by atoms with van der Waals surface area (Å²) in [5, 5.41) is 8.86. The molecule has 0 fully saturated rings. The third-order valence-electron chi connectivity index (χ3n) is 2.33. The van der Waals surface area contributed by atoms with Crippen LogP contribution in [0.15, 0.2) is 24.3 Å². The zero-order valence-electron chi connectivity index (χ0n) is 9.57. The molecule has 0 aromatic heterocycles. The van der Waals surface area contributed by atoms with Crippen LogP contribution in [0.3, 0.4) is 0 Å². The van der Waals surface area contributed by atoms with Gasteiger partial charge in [0.2, 0.25) is 0 Å². The van der Waals surface area contributed by atoms with Crippen molar-refractivity contribution in [3.63, 3.8) is 0 Å². The van der Waals surface area contributed by atoms with Gasteiger partial charge < -0.3 is 4.90 Å². The van der Waals surface area contributed by atoms with Crippen LogP contribution in [0.5, 0.6) is 0 Å². The molecule has 0 atom stereocenters. The van der Waals surface area contributed by atoms with Gasteiger partial charge in [-0.2, -0.15) is 5.26 Å². The van der Waals surface area contributed by atoms with E-state index in [-0.39, 0.29) is 0 Å². The monoisotopic (exact) mass is 203 g/mol. The number of hydrogen-bond acceptors (Lipinski definition) is 3. The molecule has 0 bridgehead atoms. The minimum Gasteiger partial charge on any atom is -0.309 e. The molecule has 15 heavy (non-hydrogen) atoms. The molecule has 3 nitrogen and oxygen atoms in total. The van der Waals surface area contributed by atoms with Crippen LogP contribution in [0.2, 0.25) is 0 Å². The van der Waals surface area contributed by atoms with Gasteiger partial charge in [-0.05, 0) is 32.1 Å². The van der Waals surface area contributed by atoms with Crippen molar-refractivity contribution in [1.29, 1.82) is 5.26 Å². The summed E-state index contributed by atoms with van der Waals surface area (Å²) in [7, 11) is 5.89. The quantitative estimate of drug-likeness (QED) is 0.551. The standard InChI is InChI=1S/C12H17N3/c1-14(2)9-8-11-6-4-5-7-12(11)15(3)10-13/h4-7H,8-9H2,1-3H3. The molecule has 0 unspecified atom stereocenters. The topological polar surface area (TPSA) is 30.3 Å². The van der Waals surface area contributed by atoms with Gasteiger partial charge in [-0.1, -0.05) is 18.2 Å². The van der Waals surface area contributed by atoms with Gasteiger partial charge in [-0.25, -0.2) is 0 Å². The fourth-order valence-corrected chi connectivity index (χ4v) is 1.45. The second-order valence-corrected chi connectivity index (χ2v) is 3.84. The van der Waals surface area contributed by atoms with Gasteiger partial charge in [0.1, 0.15) is 0 Å². The lowest BCUT2D eigenvalue weighted by molar-refractivity contribution is 0.414. The highest BCUT2D eigenvalue weighted by Gasteiger charge is 2.05. The van der Waals surface area contributed by atoms with Crippen LogP contribution in [0, 0.1) is 11.5 Å². The summed E-state index contributed by atoms with van der Waals surface area (Å²) in [6.07, 6.45) is 3.10. The van der Waals surface area contributed by atoms with Crippen molar-refractivity contribution in [2.45, 2.75) is 6.42 Å². The zero-order chi connectivity index (χ0) is 11.3. The molecule has 0 aliphatic heterocycles. The average molecular weight is 203 g/mol. The summed E-state index contributed by atoms with van der Waals surface area (Å²) in [5.74, 6) is 0. The van der Waals surface area contributed by atoms with Crippen LogP contribution in [0.4, 0.5) is 5.69 Å². The highest BCUT2D eigenvalue weighted by atomic mass is 15.1. The fourth-order valence-electron chi connectivity index (χ4n) is 1.45. The Labute approximate surface area is 91.5 Å². The van der Waals surface area contributed by atoms with Gasteiger partial charge in [0.05, 0.1) is 5.69 Å². The van der Waals surface area contributed by atoms with E-state index in [1.165, 1.54) is 5.56 Å². The first-order chi connectivity index (χ1) is 7.15. The number of likely N-dealkylation sites (N-methyl/N-ethyl adjacent to an activating group) is 1. The molecule has 0 aliphatic rings. The number of hydrogen-bond donors (Lipinski definition) is 0. The van der Waals surface area contributed by atoms with Crippen LogP contribution in [0.25, 0.3) is 0 Å². The Balaban J connectivity index is 2.83. The van der Waals surface area contributed by atoms with Crippen LogP contribution in [-0.4, -0.2) is 32.6 Å². The van der Waals surface area contributed by atoms with Gasteiger partial charge >= 0.3 is 0 Å². The van der Waals surface area contributed by atoms with E-state index in [2.05, 4.69) is 31.3 Å². The molecule has 1 rings (SSSR count). The number of rotatable bonds is 4. The molecule has 1 aromatic carbocycles. The number of nitriles is 1. The predicted octanol–water partition coefficient (Wildman–Crippen LogP) is 1.71. The summed E-state index contributed by atoms with van der Waals surface area (Å²) in [5.41, 5.74) is 2.22. The highest BCUT2D eigenvalue weighted by Crippen LogP contribution is 2.18. The van der Waals surface area contributed by atoms with Gasteiger partial charge in [0.25, 0.3) is 0 Å². The molecule has 0 N–H and O–H groups in total. The first-order valence-electron chi connectivity index (χ1n) is 5.01. The minimum absolute atomic E-state index is 0.967. The fraction of sp³-hybridized carbons (Fsp3) is 0.417. The maximum atomic E-state index is 8.86. The van der Waals surface area contributed by atoms with Gasteiger partial charge in [0, 0.05) is 13.6 Å². The summed E-state index contributed by atoms with van der Waals surface area (Å²) in [6.45, 7) is 0.996. The van der Waals surface area contributed by atoms with E-state index in [1.807, 2.05) is 18.2 Å². The second-order valence-electron chi connectivity index (χ2n) is 3.84. The van der Waals surface area contributed by atoms with Crippen LogP contribution in [0.1, 0.15) is 5.56 Å². The lowest BCUT2D eigenvalue weighted by Crippen LogP contribution is -2.17. The molecule has 0 heterocycles. The third-order valence-corrected chi connectivity index (χ3v) is 2.33. The molecule has 0 amide bonds. The van der Waals surface area contributed by atoms with E-state index >= 15 is 0 Å². The molecule has 1 aromatic rings. The average Bonchev–Trinajstić information content (AvgIpc) is 2.25. The summed E-state index contributed by atoms with van der Waals surface area (Å²) in [4.78, 5) is 3.74. The molecule has 0 saturated carbocycles. The van der Waals surface area contributed by atoms with Crippen molar-refractivity contribution in [2.24, 2.45) is 0 Å². The maximum Gasteiger partial charge on any atom is 0.184 e. The van der Waals surface area contributed by atoms with Gasteiger partial charge in [-0.15, -0.1) is 0 Å². The molecule has 80 valence electrons. The normalized spacial score (nSPS) is 10.1. The summed E-state index contributed by atoms with van der Waals surface area (Å²) >= 11 is 0. The Morgan fingerprint density at radius 2 is 1.87 bits per heavy atom. The Bertz CT molecular complexity index is 352. The summed E-state index contributed by atoms with van der Waals surface area (Å²) in [6, 6.07) is 8.03. The lowest BCUT2D eigenvalue weighted by atomic mass is 10.1. The molecule has 0 spiro atoms. The second kappa shape index (κ2) is 5.38. The highest BCUT2D eigenvalue weighted by molar-refractivity contribution is 5.55. The number of para-hydroxylation sites is 1. The van der Waals surface area contributed by atoms with Crippen LogP contribution in [-0.2, 0) is 6.42 Å². The van der Waals surface area contributed by atoms with Crippen LogP contribution < -0.4 is 4.90 Å². The Hall–Kier alpha value is -1.53. The van der Waals surface area contributed by atoms with Crippen molar-refractivity contribution in [3.05, 3.63) is 29.8 Å². The Morgan fingerprint density at radius 3 is 2.47 bits per heavy atom. The molecular weight excluding hydrogens is 186 g/mol. The van der Waals surface area contributed by atoms with Crippen molar-refractivity contribution >= 4 is 5.69 Å². The number of nitrogens with zero attached hydrogens (tertiary/aromatic N) is 3. The molecule has 0 radical (unpaired) electrons. The predicted molar refractivity (Wildman–Crippen MR) is 62.7 cm³/mol. The first kappa shape index (κ1) is 11.5. The van der Waals surface area contributed by atoms with E-state index in [0.29, 0.717) is 0 Å². The zero-order valence-corrected chi connectivity index (χ0v) is 9.57. The summed E-state index contributed by atoms with van der Waals surface area (Å²) < 4.78 is 0. The molecule has 0 saturated heterocycles. The number of anilines is 1. The van der Waals surface area contributed by atoms with Crippen LogP contribution >= 0.6 is 0 Å². The first-order valence-corrected chi connectivity index (χ1v) is 5.01. The van der Waals surface area contributed by atoms with Crippen molar-refractivity contribution in [1.82, 2.24) is 4.90 Å². The Kier molecular flexibility index (Phi) is 4.14. The lowest BCUT2D eigenvalue weighted by Gasteiger charge is -2.16. The van der Waals surface area contributed by atoms with E-state index < -0.39 is 0 Å². The van der Waals surface area contributed by atoms with Gasteiger partial charge in [0.15, 0.2) is 6.19 Å².